The zero-order valence-corrected chi connectivity index (χ0v) is 16.3. The molecule has 2 aliphatic rings. The summed E-state index contributed by atoms with van der Waals surface area (Å²) < 4.78 is 62.6. The Balaban J connectivity index is 1.51. The van der Waals surface area contributed by atoms with Crippen molar-refractivity contribution in [1.82, 2.24) is 14.5 Å². The topological polar surface area (TPSA) is 104 Å². The summed E-state index contributed by atoms with van der Waals surface area (Å²) in [6, 6.07) is 4.53. The summed E-state index contributed by atoms with van der Waals surface area (Å²) in [6.07, 6.45) is 0.424. The van der Waals surface area contributed by atoms with Gasteiger partial charge in [-0.25, -0.2) is 21.2 Å². The molecule has 3 rings (SSSR count). The number of nitrogens with one attached hydrogen (secondary N) is 1. The number of sulfonamides is 1. The zero-order valence-electron chi connectivity index (χ0n) is 14.7. The van der Waals surface area contributed by atoms with Crippen LogP contribution >= 0.6 is 0 Å². The molecule has 2 fully saturated rings. The number of hydrogen-bond donors (Lipinski definition) is 1. The number of amides is 1. The van der Waals surface area contributed by atoms with Gasteiger partial charge in [-0.05, 0) is 24.6 Å². The first-order chi connectivity index (χ1) is 12.7. The Labute approximate surface area is 158 Å². The summed E-state index contributed by atoms with van der Waals surface area (Å²) in [5, 5.41) is 2.72. The number of piperazine rings is 1. The number of rotatable bonds is 5. The highest BCUT2D eigenvalue weighted by molar-refractivity contribution is 7.91. The molecule has 2 aliphatic heterocycles. The lowest BCUT2D eigenvalue weighted by atomic mass is 10.2. The molecule has 0 aliphatic carbocycles. The third-order valence-corrected chi connectivity index (χ3v) is 8.39. The van der Waals surface area contributed by atoms with Crippen LogP contribution in [-0.2, 0) is 24.7 Å². The van der Waals surface area contributed by atoms with E-state index in [1.165, 1.54) is 22.5 Å². The highest BCUT2D eigenvalue weighted by atomic mass is 32.2. The van der Waals surface area contributed by atoms with Crippen molar-refractivity contribution < 1.29 is 26.0 Å². The molecule has 1 amide bonds. The van der Waals surface area contributed by atoms with E-state index < -0.39 is 25.7 Å². The molecule has 8 nitrogen and oxygen atoms in total. The molecule has 1 aromatic carbocycles. The van der Waals surface area contributed by atoms with E-state index in [1.54, 1.807) is 0 Å². The second-order valence-corrected chi connectivity index (χ2v) is 11.0. The van der Waals surface area contributed by atoms with E-state index in [9.17, 15) is 26.0 Å². The van der Waals surface area contributed by atoms with E-state index in [-0.39, 0.29) is 48.0 Å². The molecule has 1 aromatic rings. The van der Waals surface area contributed by atoms with Gasteiger partial charge in [0.05, 0.1) is 22.9 Å². The first-order valence-electron chi connectivity index (χ1n) is 8.64. The minimum atomic E-state index is -3.77. The predicted molar refractivity (Wildman–Crippen MR) is 96.8 cm³/mol. The molecule has 1 atom stereocenters. The standard InChI is InChI=1S/C16H22FN3O5S2/c17-13-2-1-3-15(10-13)27(24,25)20-7-5-19(6-8-20)11-16(21)18-14-4-9-26(22,23)12-14/h1-3,10,14H,4-9,11-12H2,(H,18,21)/t14-/m0/s1. The van der Waals surface area contributed by atoms with E-state index >= 15 is 0 Å². The number of sulfone groups is 1. The average molecular weight is 420 g/mol. The number of nitrogens with zero attached hydrogens (tertiary/aromatic N) is 2. The van der Waals surface area contributed by atoms with Crippen LogP contribution in [0.2, 0.25) is 0 Å². The molecule has 1 N–H and O–H groups in total. The van der Waals surface area contributed by atoms with Crippen LogP contribution in [0.1, 0.15) is 6.42 Å². The SMILES string of the molecule is O=C(CN1CCN(S(=O)(=O)c2cccc(F)c2)CC1)N[C@H]1CCS(=O)(=O)C1. The van der Waals surface area contributed by atoms with Gasteiger partial charge >= 0.3 is 0 Å². The zero-order chi connectivity index (χ0) is 19.7. The normalized spacial score (nSPS) is 24.0. The van der Waals surface area contributed by atoms with Crippen LogP contribution in [0.25, 0.3) is 0 Å². The molecule has 150 valence electrons. The van der Waals surface area contributed by atoms with Gasteiger partial charge in [-0.3, -0.25) is 9.69 Å². The Morgan fingerprint density at radius 3 is 2.52 bits per heavy atom. The summed E-state index contributed by atoms with van der Waals surface area (Å²) in [6.45, 7) is 1.22. The van der Waals surface area contributed by atoms with E-state index in [0.717, 1.165) is 6.07 Å². The third-order valence-electron chi connectivity index (χ3n) is 4.73. The Kier molecular flexibility index (Phi) is 5.84. The van der Waals surface area contributed by atoms with Crippen molar-refractivity contribution in [2.45, 2.75) is 17.4 Å². The highest BCUT2D eigenvalue weighted by Crippen LogP contribution is 2.18. The number of carbonyl (C=O) groups excluding carboxylic acids is 1. The number of hydrogen-bond acceptors (Lipinski definition) is 6. The van der Waals surface area contributed by atoms with Crippen molar-refractivity contribution in [1.29, 1.82) is 0 Å². The van der Waals surface area contributed by atoms with Gasteiger partial charge in [-0.15, -0.1) is 0 Å². The maximum Gasteiger partial charge on any atom is 0.243 e. The second kappa shape index (κ2) is 7.82. The van der Waals surface area contributed by atoms with Gasteiger partial charge in [0.25, 0.3) is 0 Å². The van der Waals surface area contributed by atoms with Crippen LogP contribution in [0, 0.1) is 5.82 Å². The van der Waals surface area contributed by atoms with Crippen LogP contribution in [0.5, 0.6) is 0 Å². The van der Waals surface area contributed by atoms with E-state index in [2.05, 4.69) is 5.32 Å². The van der Waals surface area contributed by atoms with Crippen molar-refractivity contribution >= 4 is 25.8 Å². The van der Waals surface area contributed by atoms with Crippen molar-refractivity contribution in [3.8, 4) is 0 Å². The lowest BCUT2D eigenvalue weighted by molar-refractivity contribution is -0.123. The molecule has 0 radical (unpaired) electrons. The van der Waals surface area contributed by atoms with Gasteiger partial charge in [0, 0.05) is 32.2 Å². The fraction of sp³-hybridized carbons (Fsp3) is 0.562. The Morgan fingerprint density at radius 2 is 1.93 bits per heavy atom. The molecule has 0 unspecified atom stereocenters. The Bertz CT molecular complexity index is 912. The van der Waals surface area contributed by atoms with Crippen LogP contribution in [0.3, 0.4) is 0 Å². The monoisotopic (exact) mass is 419 g/mol. The molecule has 11 heteroatoms. The summed E-state index contributed by atoms with van der Waals surface area (Å²) in [7, 11) is -6.82. The van der Waals surface area contributed by atoms with Crippen molar-refractivity contribution in [2.75, 3.05) is 44.2 Å². The summed E-state index contributed by atoms with van der Waals surface area (Å²) in [5.74, 6) is -0.814. The number of benzene rings is 1. The molecular formula is C16H22FN3O5S2. The van der Waals surface area contributed by atoms with Gasteiger partial charge in [0.2, 0.25) is 15.9 Å². The second-order valence-electron chi connectivity index (χ2n) is 6.81. The van der Waals surface area contributed by atoms with E-state index in [0.29, 0.717) is 19.5 Å². The van der Waals surface area contributed by atoms with Crippen LogP contribution in [0.15, 0.2) is 29.2 Å². The quantitative estimate of drug-likeness (QED) is 0.686. The van der Waals surface area contributed by atoms with Crippen molar-refractivity contribution in [3.05, 3.63) is 30.1 Å². The van der Waals surface area contributed by atoms with Crippen molar-refractivity contribution in [3.63, 3.8) is 0 Å². The van der Waals surface area contributed by atoms with E-state index in [4.69, 9.17) is 0 Å². The predicted octanol–water partition coefficient (Wildman–Crippen LogP) is -0.565. The van der Waals surface area contributed by atoms with Crippen LogP contribution in [0.4, 0.5) is 4.39 Å². The fourth-order valence-electron chi connectivity index (χ4n) is 3.29. The summed E-state index contributed by atoms with van der Waals surface area (Å²) in [5.41, 5.74) is 0. The van der Waals surface area contributed by atoms with Crippen LogP contribution in [-0.4, -0.2) is 82.2 Å². The number of halogens is 1. The van der Waals surface area contributed by atoms with Gasteiger partial charge < -0.3 is 5.32 Å². The minimum Gasteiger partial charge on any atom is -0.351 e. The fourth-order valence-corrected chi connectivity index (χ4v) is 6.42. The molecule has 2 saturated heterocycles. The van der Waals surface area contributed by atoms with Crippen LogP contribution < -0.4 is 5.32 Å². The molecule has 0 bridgehead atoms. The first kappa shape index (κ1) is 20.2. The smallest absolute Gasteiger partial charge is 0.243 e. The van der Waals surface area contributed by atoms with Gasteiger partial charge in [0.1, 0.15) is 5.82 Å². The van der Waals surface area contributed by atoms with Gasteiger partial charge in [0.15, 0.2) is 9.84 Å². The minimum absolute atomic E-state index is 0.0294. The average Bonchev–Trinajstić information content (AvgIpc) is 2.93. The molecule has 0 aromatic heterocycles. The Morgan fingerprint density at radius 1 is 1.22 bits per heavy atom. The van der Waals surface area contributed by atoms with Gasteiger partial charge in [-0.2, -0.15) is 4.31 Å². The molecule has 27 heavy (non-hydrogen) atoms. The van der Waals surface area contributed by atoms with Gasteiger partial charge in [-0.1, -0.05) is 6.07 Å². The maximum absolute atomic E-state index is 13.3. The summed E-state index contributed by atoms with van der Waals surface area (Å²) in [4.78, 5) is 13.8. The largest absolute Gasteiger partial charge is 0.351 e. The first-order valence-corrected chi connectivity index (χ1v) is 11.9. The maximum atomic E-state index is 13.3. The molecular weight excluding hydrogens is 397 g/mol. The lowest BCUT2D eigenvalue weighted by Gasteiger charge is -2.33. The highest BCUT2D eigenvalue weighted by Gasteiger charge is 2.31. The number of carbonyl (C=O) groups is 1. The Hall–Kier alpha value is -1.56. The van der Waals surface area contributed by atoms with E-state index in [1.807, 2.05) is 4.90 Å². The summed E-state index contributed by atoms with van der Waals surface area (Å²) >= 11 is 0. The molecule has 2 heterocycles. The lowest BCUT2D eigenvalue weighted by Crippen LogP contribution is -2.51. The molecule has 0 spiro atoms. The third kappa shape index (κ3) is 5.03. The molecule has 0 saturated carbocycles. The van der Waals surface area contributed by atoms with Crippen molar-refractivity contribution in [2.24, 2.45) is 0 Å².